The summed E-state index contributed by atoms with van der Waals surface area (Å²) in [4.78, 5) is 17.4. The summed E-state index contributed by atoms with van der Waals surface area (Å²) in [6.07, 6.45) is 4.36. The maximum absolute atomic E-state index is 12.1. The first-order valence-corrected chi connectivity index (χ1v) is 5.55. The first-order valence-electron chi connectivity index (χ1n) is 5.55. The molecule has 0 aromatic rings. The van der Waals surface area contributed by atoms with Crippen molar-refractivity contribution in [1.82, 2.24) is 5.06 Å². The van der Waals surface area contributed by atoms with Crippen molar-refractivity contribution in [2.45, 2.75) is 39.5 Å². The van der Waals surface area contributed by atoms with Gasteiger partial charge >= 0.3 is 0 Å². The van der Waals surface area contributed by atoms with Crippen LogP contribution < -0.4 is 0 Å². The molecule has 1 atom stereocenters. The van der Waals surface area contributed by atoms with E-state index in [2.05, 4.69) is 13.8 Å². The van der Waals surface area contributed by atoms with E-state index < -0.39 is 0 Å². The van der Waals surface area contributed by atoms with Crippen LogP contribution in [0.25, 0.3) is 0 Å². The minimum atomic E-state index is 0.170. The number of rotatable bonds is 1. The topological polar surface area (TPSA) is 29.5 Å². The first-order chi connectivity index (χ1) is 6.61. The van der Waals surface area contributed by atoms with Crippen molar-refractivity contribution in [1.29, 1.82) is 0 Å². The molecule has 2 aliphatic rings. The van der Waals surface area contributed by atoms with Gasteiger partial charge in [-0.25, -0.2) is 5.06 Å². The van der Waals surface area contributed by atoms with Crippen LogP contribution in [0.2, 0.25) is 0 Å². The van der Waals surface area contributed by atoms with E-state index in [-0.39, 0.29) is 17.2 Å². The SMILES string of the molecule is CC1(C)CCCC1C(=O)N1CCCO1. The molecule has 1 aliphatic carbocycles. The second-order valence-electron chi connectivity index (χ2n) is 5.06. The molecule has 1 aliphatic heterocycles. The summed E-state index contributed by atoms with van der Waals surface area (Å²) in [6.45, 7) is 5.88. The lowest BCUT2D eigenvalue weighted by molar-refractivity contribution is -0.176. The standard InChI is InChI=1S/C11H19NO2/c1-11(2)6-3-5-9(11)10(13)12-7-4-8-14-12/h9H,3-8H2,1-2H3. The Morgan fingerprint density at radius 1 is 1.43 bits per heavy atom. The van der Waals surface area contributed by atoms with Gasteiger partial charge in [-0.3, -0.25) is 9.63 Å². The highest BCUT2D eigenvalue weighted by Gasteiger charge is 2.42. The lowest BCUT2D eigenvalue weighted by atomic mass is 9.81. The molecule has 1 saturated heterocycles. The normalized spacial score (nSPS) is 31.0. The lowest BCUT2D eigenvalue weighted by Gasteiger charge is -2.28. The van der Waals surface area contributed by atoms with Crippen LogP contribution in [0.5, 0.6) is 0 Å². The Labute approximate surface area is 85.4 Å². The third-order valence-corrected chi connectivity index (χ3v) is 3.55. The fourth-order valence-electron chi connectivity index (χ4n) is 2.58. The van der Waals surface area contributed by atoms with Crippen molar-refractivity contribution in [3.05, 3.63) is 0 Å². The van der Waals surface area contributed by atoms with Crippen molar-refractivity contribution < 1.29 is 9.63 Å². The van der Waals surface area contributed by atoms with Gasteiger partial charge in [0.25, 0.3) is 0 Å². The molecule has 0 radical (unpaired) electrons. The minimum Gasteiger partial charge on any atom is -0.272 e. The average molecular weight is 197 g/mol. The van der Waals surface area contributed by atoms with Crippen LogP contribution in [0, 0.1) is 11.3 Å². The molecule has 2 fully saturated rings. The number of hydroxylamine groups is 2. The van der Waals surface area contributed by atoms with Crippen molar-refractivity contribution in [2.75, 3.05) is 13.2 Å². The van der Waals surface area contributed by atoms with Gasteiger partial charge in [-0.1, -0.05) is 20.3 Å². The summed E-state index contributed by atoms with van der Waals surface area (Å²) >= 11 is 0. The zero-order valence-electron chi connectivity index (χ0n) is 9.08. The number of nitrogens with zero attached hydrogens (tertiary/aromatic N) is 1. The minimum absolute atomic E-state index is 0.170. The number of carbonyl (C=O) groups is 1. The van der Waals surface area contributed by atoms with Gasteiger partial charge in [0, 0.05) is 5.92 Å². The molecular weight excluding hydrogens is 178 g/mol. The number of hydrogen-bond acceptors (Lipinski definition) is 2. The van der Waals surface area contributed by atoms with E-state index in [9.17, 15) is 4.79 Å². The van der Waals surface area contributed by atoms with Gasteiger partial charge in [0.05, 0.1) is 13.2 Å². The van der Waals surface area contributed by atoms with Gasteiger partial charge < -0.3 is 0 Å². The molecule has 80 valence electrons. The Morgan fingerprint density at radius 3 is 2.71 bits per heavy atom. The average Bonchev–Trinajstić information content (AvgIpc) is 2.71. The Kier molecular flexibility index (Phi) is 2.52. The van der Waals surface area contributed by atoms with Crippen LogP contribution in [-0.4, -0.2) is 24.1 Å². The van der Waals surface area contributed by atoms with E-state index in [4.69, 9.17) is 4.84 Å². The molecule has 14 heavy (non-hydrogen) atoms. The van der Waals surface area contributed by atoms with Gasteiger partial charge in [-0.15, -0.1) is 0 Å². The van der Waals surface area contributed by atoms with E-state index >= 15 is 0 Å². The third kappa shape index (κ3) is 1.65. The van der Waals surface area contributed by atoms with Crippen LogP contribution in [-0.2, 0) is 9.63 Å². The van der Waals surface area contributed by atoms with Crippen LogP contribution in [0.3, 0.4) is 0 Å². The summed E-state index contributed by atoms with van der Waals surface area (Å²) in [6, 6.07) is 0. The maximum Gasteiger partial charge on any atom is 0.249 e. The lowest BCUT2D eigenvalue weighted by Crippen LogP contribution is -2.37. The van der Waals surface area contributed by atoms with E-state index in [1.807, 2.05) is 0 Å². The molecule has 0 spiro atoms. The van der Waals surface area contributed by atoms with Gasteiger partial charge in [0.15, 0.2) is 0 Å². The Balaban J connectivity index is 2.03. The van der Waals surface area contributed by atoms with Crippen LogP contribution in [0.4, 0.5) is 0 Å². The predicted molar refractivity (Wildman–Crippen MR) is 53.4 cm³/mol. The van der Waals surface area contributed by atoms with Crippen LogP contribution in [0.1, 0.15) is 39.5 Å². The summed E-state index contributed by atoms with van der Waals surface area (Å²) in [5.74, 6) is 0.394. The molecular formula is C11H19NO2. The van der Waals surface area contributed by atoms with Gasteiger partial charge in [-0.05, 0) is 24.7 Å². The van der Waals surface area contributed by atoms with Crippen molar-refractivity contribution in [3.63, 3.8) is 0 Å². The molecule has 3 heteroatoms. The van der Waals surface area contributed by atoms with Crippen LogP contribution in [0.15, 0.2) is 0 Å². The third-order valence-electron chi connectivity index (χ3n) is 3.55. The van der Waals surface area contributed by atoms with Gasteiger partial charge in [-0.2, -0.15) is 0 Å². The highest BCUT2D eigenvalue weighted by Crippen LogP contribution is 2.43. The second kappa shape index (κ2) is 3.54. The summed E-state index contributed by atoms with van der Waals surface area (Å²) in [5.41, 5.74) is 0.170. The number of amides is 1. The molecule has 1 amide bonds. The number of hydrogen-bond donors (Lipinski definition) is 0. The second-order valence-corrected chi connectivity index (χ2v) is 5.06. The molecule has 2 rings (SSSR count). The van der Waals surface area contributed by atoms with Crippen molar-refractivity contribution in [2.24, 2.45) is 11.3 Å². The van der Waals surface area contributed by atoms with Crippen molar-refractivity contribution in [3.8, 4) is 0 Å². The molecule has 0 aromatic carbocycles. The Hall–Kier alpha value is -0.570. The predicted octanol–water partition coefficient (Wildman–Crippen LogP) is 1.98. The largest absolute Gasteiger partial charge is 0.272 e. The van der Waals surface area contributed by atoms with E-state index in [1.165, 1.54) is 6.42 Å². The summed E-state index contributed by atoms with van der Waals surface area (Å²) in [7, 11) is 0. The maximum atomic E-state index is 12.1. The number of carbonyl (C=O) groups excluding carboxylic acids is 1. The van der Waals surface area contributed by atoms with Gasteiger partial charge in [0.2, 0.25) is 5.91 Å². The molecule has 1 unspecified atom stereocenters. The Bertz CT molecular complexity index is 231. The molecule has 1 heterocycles. The fourth-order valence-corrected chi connectivity index (χ4v) is 2.58. The van der Waals surface area contributed by atoms with E-state index in [0.29, 0.717) is 6.61 Å². The Morgan fingerprint density at radius 2 is 2.21 bits per heavy atom. The highest BCUT2D eigenvalue weighted by atomic mass is 16.7. The molecule has 0 bridgehead atoms. The smallest absolute Gasteiger partial charge is 0.249 e. The fraction of sp³-hybridized carbons (Fsp3) is 0.909. The monoisotopic (exact) mass is 197 g/mol. The summed E-state index contributed by atoms with van der Waals surface area (Å²) in [5, 5.41) is 1.58. The molecule has 0 N–H and O–H groups in total. The van der Waals surface area contributed by atoms with E-state index in [1.54, 1.807) is 5.06 Å². The zero-order chi connectivity index (χ0) is 10.2. The first kappa shape index (κ1) is 9.97. The molecule has 1 saturated carbocycles. The highest BCUT2D eigenvalue weighted by molar-refractivity contribution is 5.79. The van der Waals surface area contributed by atoms with E-state index in [0.717, 1.165) is 25.8 Å². The molecule has 3 nitrogen and oxygen atoms in total. The summed E-state index contributed by atoms with van der Waals surface area (Å²) < 4.78 is 0. The van der Waals surface area contributed by atoms with Crippen LogP contribution >= 0.6 is 0 Å². The van der Waals surface area contributed by atoms with Crippen molar-refractivity contribution >= 4 is 5.91 Å². The van der Waals surface area contributed by atoms with Gasteiger partial charge in [0.1, 0.15) is 0 Å². The quantitative estimate of drug-likeness (QED) is 0.643. The zero-order valence-corrected chi connectivity index (χ0v) is 9.08. The molecule has 0 aromatic heterocycles.